The maximum Gasteiger partial charge on any atom is 0.254 e. The molecule has 1 N–H and O–H groups in total. The van der Waals surface area contributed by atoms with Crippen molar-refractivity contribution < 1.29 is 14.6 Å². The van der Waals surface area contributed by atoms with Crippen molar-refractivity contribution in [3.05, 3.63) is 29.8 Å². The van der Waals surface area contributed by atoms with Crippen molar-refractivity contribution >= 4 is 5.91 Å². The van der Waals surface area contributed by atoms with E-state index in [2.05, 4.69) is 0 Å². The number of rotatable bonds is 4. The first-order valence-corrected chi connectivity index (χ1v) is 6.80. The predicted molar refractivity (Wildman–Crippen MR) is 73.4 cm³/mol. The van der Waals surface area contributed by atoms with Gasteiger partial charge in [-0.1, -0.05) is 6.07 Å². The molecule has 4 heteroatoms. The molecule has 0 bridgehead atoms. The number of likely N-dealkylation sites (tertiary alicyclic amines) is 1. The molecule has 2 rings (SSSR count). The van der Waals surface area contributed by atoms with Crippen LogP contribution in [0.25, 0.3) is 0 Å². The van der Waals surface area contributed by atoms with Crippen LogP contribution in [0.4, 0.5) is 0 Å². The normalized spacial score (nSPS) is 18.9. The van der Waals surface area contributed by atoms with Gasteiger partial charge in [0.1, 0.15) is 5.75 Å². The Morgan fingerprint density at radius 2 is 2.32 bits per heavy atom. The van der Waals surface area contributed by atoms with Crippen molar-refractivity contribution in [3.63, 3.8) is 0 Å². The van der Waals surface area contributed by atoms with Crippen molar-refractivity contribution in [2.45, 2.75) is 38.8 Å². The zero-order chi connectivity index (χ0) is 13.8. The van der Waals surface area contributed by atoms with Crippen LogP contribution in [0.3, 0.4) is 0 Å². The van der Waals surface area contributed by atoms with Gasteiger partial charge >= 0.3 is 0 Å². The standard InChI is InChI=1S/C15H21NO3/c1-11(2)19-14-7-3-5-12(9-14)15(18)16-8-4-6-13(16)10-17/h3,5,7,9,11,13,17H,4,6,8,10H2,1-2H3/t13-/m0/s1. The van der Waals surface area contributed by atoms with Gasteiger partial charge in [-0.2, -0.15) is 0 Å². The smallest absolute Gasteiger partial charge is 0.254 e. The van der Waals surface area contributed by atoms with Crippen molar-refractivity contribution in [2.24, 2.45) is 0 Å². The fourth-order valence-corrected chi connectivity index (χ4v) is 2.43. The number of benzene rings is 1. The Bertz CT molecular complexity index is 445. The molecule has 0 aliphatic carbocycles. The number of amides is 1. The number of carbonyl (C=O) groups is 1. The van der Waals surface area contributed by atoms with Crippen LogP contribution in [0, 0.1) is 0 Å². The van der Waals surface area contributed by atoms with Gasteiger partial charge < -0.3 is 14.7 Å². The summed E-state index contributed by atoms with van der Waals surface area (Å²) in [4.78, 5) is 14.2. The highest BCUT2D eigenvalue weighted by molar-refractivity contribution is 5.95. The molecule has 0 unspecified atom stereocenters. The van der Waals surface area contributed by atoms with Gasteiger partial charge in [0.2, 0.25) is 0 Å². The summed E-state index contributed by atoms with van der Waals surface area (Å²) in [6.07, 6.45) is 1.92. The minimum absolute atomic E-state index is 0.0224. The van der Waals surface area contributed by atoms with Crippen LogP contribution >= 0.6 is 0 Å². The summed E-state index contributed by atoms with van der Waals surface area (Å²) >= 11 is 0. The second-order valence-corrected chi connectivity index (χ2v) is 5.17. The van der Waals surface area contributed by atoms with Gasteiger partial charge in [-0.15, -0.1) is 0 Å². The first-order valence-electron chi connectivity index (χ1n) is 6.80. The number of carbonyl (C=O) groups excluding carboxylic acids is 1. The van der Waals surface area contributed by atoms with Gasteiger partial charge in [-0.3, -0.25) is 4.79 Å². The molecule has 1 saturated heterocycles. The van der Waals surface area contributed by atoms with Crippen LogP contribution in [0.1, 0.15) is 37.0 Å². The highest BCUT2D eigenvalue weighted by atomic mass is 16.5. The summed E-state index contributed by atoms with van der Waals surface area (Å²) in [6.45, 7) is 4.67. The predicted octanol–water partition coefficient (Wildman–Crippen LogP) is 2.07. The molecule has 1 heterocycles. The Balaban J connectivity index is 2.14. The molecule has 1 aromatic carbocycles. The third kappa shape index (κ3) is 3.26. The topological polar surface area (TPSA) is 49.8 Å². The highest BCUT2D eigenvalue weighted by Gasteiger charge is 2.28. The average molecular weight is 263 g/mol. The molecular formula is C15H21NO3. The largest absolute Gasteiger partial charge is 0.491 e. The fourth-order valence-electron chi connectivity index (χ4n) is 2.43. The fraction of sp³-hybridized carbons (Fsp3) is 0.533. The minimum atomic E-state index is -0.0397. The number of hydrogen-bond acceptors (Lipinski definition) is 3. The second-order valence-electron chi connectivity index (χ2n) is 5.17. The van der Waals surface area contributed by atoms with Crippen LogP contribution in [0.5, 0.6) is 5.75 Å². The molecule has 1 aliphatic rings. The lowest BCUT2D eigenvalue weighted by Gasteiger charge is -2.23. The van der Waals surface area contributed by atoms with Crippen molar-refractivity contribution in [1.29, 1.82) is 0 Å². The molecule has 1 aromatic rings. The molecule has 104 valence electrons. The van der Waals surface area contributed by atoms with Crippen LogP contribution in [0.15, 0.2) is 24.3 Å². The Morgan fingerprint density at radius 3 is 3.00 bits per heavy atom. The Kier molecular flexibility index (Phi) is 4.43. The molecule has 0 radical (unpaired) electrons. The van der Waals surface area contributed by atoms with Crippen LogP contribution in [-0.2, 0) is 0 Å². The summed E-state index contributed by atoms with van der Waals surface area (Å²) in [5, 5.41) is 9.29. The summed E-state index contributed by atoms with van der Waals surface area (Å²) in [7, 11) is 0. The lowest BCUT2D eigenvalue weighted by molar-refractivity contribution is 0.0677. The van der Waals surface area contributed by atoms with Gasteiger partial charge in [-0.25, -0.2) is 0 Å². The maximum absolute atomic E-state index is 12.4. The van der Waals surface area contributed by atoms with E-state index >= 15 is 0 Å². The third-order valence-corrected chi connectivity index (χ3v) is 3.30. The summed E-state index contributed by atoms with van der Waals surface area (Å²) in [5.74, 6) is 0.686. The summed E-state index contributed by atoms with van der Waals surface area (Å²) in [5.41, 5.74) is 0.624. The van der Waals surface area contributed by atoms with Gasteiger partial charge in [0.05, 0.1) is 18.8 Å². The quantitative estimate of drug-likeness (QED) is 0.904. The molecule has 0 spiro atoms. The van der Waals surface area contributed by atoms with Crippen molar-refractivity contribution in [2.75, 3.05) is 13.2 Å². The maximum atomic E-state index is 12.4. The zero-order valence-electron chi connectivity index (χ0n) is 11.5. The molecular weight excluding hydrogens is 242 g/mol. The van der Waals surface area contributed by atoms with E-state index in [1.54, 1.807) is 17.0 Å². The van der Waals surface area contributed by atoms with Gasteiger partial charge in [0.25, 0.3) is 5.91 Å². The van der Waals surface area contributed by atoms with Crippen LogP contribution < -0.4 is 4.74 Å². The van der Waals surface area contributed by atoms with E-state index in [1.807, 2.05) is 26.0 Å². The van der Waals surface area contributed by atoms with Crippen molar-refractivity contribution in [3.8, 4) is 5.75 Å². The molecule has 0 saturated carbocycles. The van der Waals surface area contributed by atoms with Gasteiger partial charge in [0, 0.05) is 12.1 Å². The number of ether oxygens (including phenoxy) is 1. The van der Waals surface area contributed by atoms with E-state index in [-0.39, 0.29) is 24.7 Å². The van der Waals surface area contributed by atoms with E-state index in [4.69, 9.17) is 4.74 Å². The molecule has 1 amide bonds. The molecule has 1 atom stereocenters. The second kappa shape index (κ2) is 6.06. The number of hydrogen-bond donors (Lipinski definition) is 1. The van der Waals surface area contributed by atoms with Gasteiger partial charge in [0.15, 0.2) is 0 Å². The first kappa shape index (κ1) is 13.9. The number of aliphatic hydroxyl groups excluding tert-OH is 1. The van der Waals surface area contributed by atoms with Crippen LogP contribution in [0.2, 0.25) is 0 Å². The molecule has 1 fully saturated rings. The lowest BCUT2D eigenvalue weighted by atomic mass is 10.1. The van der Waals surface area contributed by atoms with Crippen LogP contribution in [-0.4, -0.2) is 41.2 Å². The van der Waals surface area contributed by atoms with E-state index < -0.39 is 0 Å². The van der Waals surface area contributed by atoms with E-state index in [0.717, 1.165) is 19.4 Å². The first-order chi connectivity index (χ1) is 9.11. The Morgan fingerprint density at radius 1 is 1.53 bits per heavy atom. The number of nitrogens with zero attached hydrogens (tertiary/aromatic N) is 1. The molecule has 0 aromatic heterocycles. The minimum Gasteiger partial charge on any atom is -0.491 e. The van der Waals surface area contributed by atoms with Crippen molar-refractivity contribution in [1.82, 2.24) is 4.90 Å². The van der Waals surface area contributed by atoms with Gasteiger partial charge in [-0.05, 0) is 44.9 Å². The van der Waals surface area contributed by atoms with E-state index in [1.165, 1.54) is 0 Å². The lowest BCUT2D eigenvalue weighted by Crippen LogP contribution is -2.37. The summed E-state index contributed by atoms with van der Waals surface area (Å²) in [6, 6.07) is 7.21. The average Bonchev–Trinajstić information content (AvgIpc) is 2.85. The molecule has 1 aliphatic heterocycles. The SMILES string of the molecule is CC(C)Oc1cccc(C(=O)N2CCC[C@H]2CO)c1. The Hall–Kier alpha value is -1.55. The summed E-state index contributed by atoms with van der Waals surface area (Å²) < 4.78 is 5.60. The highest BCUT2D eigenvalue weighted by Crippen LogP contribution is 2.22. The third-order valence-electron chi connectivity index (χ3n) is 3.30. The molecule has 19 heavy (non-hydrogen) atoms. The monoisotopic (exact) mass is 263 g/mol. The Labute approximate surface area is 114 Å². The van der Waals surface area contributed by atoms with E-state index in [0.29, 0.717) is 11.3 Å². The zero-order valence-corrected chi connectivity index (χ0v) is 11.5. The van der Waals surface area contributed by atoms with E-state index in [9.17, 15) is 9.90 Å². The molecule has 4 nitrogen and oxygen atoms in total. The number of aliphatic hydroxyl groups is 1.